The van der Waals surface area contributed by atoms with Gasteiger partial charge in [-0.3, -0.25) is 9.59 Å². The molecule has 0 bridgehead atoms. The van der Waals surface area contributed by atoms with Crippen molar-refractivity contribution in [3.8, 4) is 0 Å². The molecule has 0 fully saturated rings. The Kier molecular flexibility index (Phi) is 4.16. The first kappa shape index (κ1) is 15.3. The van der Waals surface area contributed by atoms with Crippen molar-refractivity contribution in [3.05, 3.63) is 64.3 Å². The zero-order valence-electron chi connectivity index (χ0n) is 12.0. The Morgan fingerprint density at radius 2 is 1.87 bits per heavy atom. The Balaban J connectivity index is 1.77. The topological polar surface area (TPSA) is 85.3 Å². The van der Waals surface area contributed by atoms with Gasteiger partial charge in [0.1, 0.15) is 5.58 Å². The van der Waals surface area contributed by atoms with Crippen LogP contribution in [0.15, 0.2) is 57.4 Å². The first-order valence-electron chi connectivity index (χ1n) is 6.89. The summed E-state index contributed by atoms with van der Waals surface area (Å²) in [7, 11) is 0. The number of amides is 2. The lowest BCUT2D eigenvalue weighted by Crippen LogP contribution is -2.14. The maximum absolute atomic E-state index is 12.3. The summed E-state index contributed by atoms with van der Waals surface area (Å²) in [5.74, 6) is -0.501. The predicted molar refractivity (Wildman–Crippen MR) is 91.2 cm³/mol. The third-order valence-corrected chi connectivity index (χ3v) is 3.93. The van der Waals surface area contributed by atoms with E-state index < -0.39 is 5.91 Å². The van der Waals surface area contributed by atoms with Crippen molar-refractivity contribution >= 4 is 44.4 Å². The van der Waals surface area contributed by atoms with Gasteiger partial charge in [-0.1, -0.05) is 24.3 Å². The maximum Gasteiger partial charge on any atom is 0.291 e. The molecular formula is C17H13BrN2O3. The van der Waals surface area contributed by atoms with Crippen molar-refractivity contribution in [1.29, 1.82) is 0 Å². The summed E-state index contributed by atoms with van der Waals surface area (Å²) < 4.78 is 6.39. The highest BCUT2D eigenvalue weighted by atomic mass is 79.9. The Labute approximate surface area is 140 Å². The van der Waals surface area contributed by atoms with Crippen molar-refractivity contribution in [2.45, 2.75) is 6.42 Å². The number of hydrogen-bond donors (Lipinski definition) is 2. The molecule has 6 heteroatoms. The number of anilines is 1. The van der Waals surface area contributed by atoms with Crippen molar-refractivity contribution in [2.75, 3.05) is 5.32 Å². The van der Waals surface area contributed by atoms with E-state index in [9.17, 15) is 9.59 Å². The largest absolute Gasteiger partial charge is 0.450 e. The maximum atomic E-state index is 12.3. The van der Waals surface area contributed by atoms with Crippen LogP contribution in [-0.2, 0) is 11.2 Å². The molecule has 0 aliphatic heterocycles. The van der Waals surface area contributed by atoms with Crippen LogP contribution in [0.1, 0.15) is 16.1 Å². The monoisotopic (exact) mass is 372 g/mol. The highest BCUT2D eigenvalue weighted by molar-refractivity contribution is 9.10. The van der Waals surface area contributed by atoms with Gasteiger partial charge in [0.05, 0.1) is 10.9 Å². The average molecular weight is 373 g/mol. The normalized spacial score (nSPS) is 10.7. The van der Waals surface area contributed by atoms with Gasteiger partial charge in [0.15, 0.2) is 5.76 Å². The van der Waals surface area contributed by atoms with E-state index in [0.29, 0.717) is 11.3 Å². The Hall–Kier alpha value is -2.60. The molecule has 0 saturated carbocycles. The number of hydrogen-bond acceptors (Lipinski definition) is 3. The number of nitrogens with two attached hydrogens (primary N) is 1. The minimum atomic E-state index is -0.394. The van der Waals surface area contributed by atoms with E-state index in [1.807, 2.05) is 18.2 Å². The van der Waals surface area contributed by atoms with E-state index in [2.05, 4.69) is 21.2 Å². The van der Waals surface area contributed by atoms with Crippen LogP contribution in [-0.4, -0.2) is 11.8 Å². The zero-order valence-corrected chi connectivity index (χ0v) is 13.6. The van der Waals surface area contributed by atoms with Crippen molar-refractivity contribution in [1.82, 2.24) is 0 Å². The molecule has 3 N–H and O–H groups in total. The molecule has 0 spiro atoms. The number of para-hydroxylation sites is 1. The lowest BCUT2D eigenvalue weighted by molar-refractivity contribution is -0.117. The molecule has 5 nitrogen and oxygen atoms in total. The second-order valence-electron chi connectivity index (χ2n) is 5.06. The van der Waals surface area contributed by atoms with Gasteiger partial charge in [-0.05, 0) is 45.8 Å². The summed E-state index contributed by atoms with van der Waals surface area (Å²) in [6, 6.07) is 14.2. The SMILES string of the molecule is NC(=O)Cc1ccc(NC(=O)c2cc3cccc(Br)c3o2)cc1. The molecule has 2 amide bonds. The molecule has 0 radical (unpaired) electrons. The molecule has 0 aliphatic rings. The van der Waals surface area contributed by atoms with Crippen LogP contribution in [0.3, 0.4) is 0 Å². The van der Waals surface area contributed by atoms with Gasteiger partial charge < -0.3 is 15.5 Å². The number of fused-ring (bicyclic) bond motifs is 1. The Bertz CT molecular complexity index is 884. The first-order chi connectivity index (χ1) is 11.0. The highest BCUT2D eigenvalue weighted by Gasteiger charge is 2.14. The molecule has 0 atom stereocenters. The summed E-state index contributed by atoms with van der Waals surface area (Å²) >= 11 is 3.39. The minimum Gasteiger partial charge on any atom is -0.450 e. The zero-order chi connectivity index (χ0) is 16.4. The smallest absolute Gasteiger partial charge is 0.291 e. The van der Waals surface area contributed by atoms with E-state index in [-0.39, 0.29) is 18.1 Å². The van der Waals surface area contributed by atoms with Gasteiger partial charge in [-0.15, -0.1) is 0 Å². The molecule has 116 valence electrons. The predicted octanol–water partition coefficient (Wildman–Crippen LogP) is 3.48. The molecule has 23 heavy (non-hydrogen) atoms. The van der Waals surface area contributed by atoms with E-state index in [1.165, 1.54) is 0 Å². The molecule has 1 heterocycles. The number of carbonyl (C=O) groups excluding carboxylic acids is 2. The number of furan rings is 1. The fourth-order valence-electron chi connectivity index (χ4n) is 2.24. The fourth-order valence-corrected chi connectivity index (χ4v) is 2.70. The number of primary amides is 1. The molecule has 3 aromatic rings. The number of halogens is 1. The van der Waals surface area contributed by atoms with E-state index in [4.69, 9.17) is 10.2 Å². The van der Waals surface area contributed by atoms with Gasteiger partial charge in [-0.2, -0.15) is 0 Å². The van der Waals surface area contributed by atoms with E-state index in [1.54, 1.807) is 30.3 Å². The Morgan fingerprint density at radius 1 is 1.13 bits per heavy atom. The van der Waals surface area contributed by atoms with Crippen LogP contribution < -0.4 is 11.1 Å². The molecule has 2 aromatic carbocycles. The number of nitrogens with one attached hydrogen (secondary N) is 1. The van der Waals surface area contributed by atoms with E-state index in [0.717, 1.165) is 15.4 Å². The molecular weight excluding hydrogens is 360 g/mol. The second kappa shape index (κ2) is 6.26. The lowest BCUT2D eigenvalue weighted by Gasteiger charge is -2.04. The van der Waals surface area contributed by atoms with E-state index >= 15 is 0 Å². The van der Waals surface area contributed by atoms with Crippen LogP contribution in [0.4, 0.5) is 5.69 Å². The second-order valence-corrected chi connectivity index (χ2v) is 5.92. The summed E-state index contributed by atoms with van der Waals surface area (Å²) in [6.07, 6.45) is 0.172. The number of carbonyl (C=O) groups is 2. The standard InChI is InChI=1S/C17H13BrN2O3/c18-13-3-1-2-11-9-14(23-16(11)13)17(22)20-12-6-4-10(5-7-12)8-15(19)21/h1-7,9H,8H2,(H2,19,21)(H,20,22). The molecule has 1 aromatic heterocycles. The van der Waals surface area contributed by atoms with Gasteiger partial charge in [0.25, 0.3) is 5.91 Å². The van der Waals surface area contributed by atoms with Gasteiger partial charge in [0, 0.05) is 11.1 Å². The molecule has 0 unspecified atom stereocenters. The minimum absolute atomic E-state index is 0.172. The third kappa shape index (κ3) is 3.43. The molecule has 3 rings (SSSR count). The van der Waals surface area contributed by atoms with Gasteiger partial charge in [-0.25, -0.2) is 0 Å². The fraction of sp³-hybridized carbons (Fsp3) is 0.0588. The van der Waals surface area contributed by atoms with Gasteiger partial charge >= 0.3 is 0 Å². The number of benzene rings is 2. The number of rotatable bonds is 4. The summed E-state index contributed by atoms with van der Waals surface area (Å²) in [5.41, 5.74) is 7.19. The van der Waals surface area contributed by atoms with Crippen LogP contribution in [0.25, 0.3) is 11.0 Å². The quantitative estimate of drug-likeness (QED) is 0.734. The summed E-state index contributed by atoms with van der Waals surface area (Å²) in [4.78, 5) is 23.1. The third-order valence-electron chi connectivity index (χ3n) is 3.31. The van der Waals surface area contributed by atoms with Crippen molar-refractivity contribution in [2.24, 2.45) is 5.73 Å². The van der Waals surface area contributed by atoms with Crippen molar-refractivity contribution < 1.29 is 14.0 Å². The first-order valence-corrected chi connectivity index (χ1v) is 7.69. The summed E-state index contributed by atoms with van der Waals surface area (Å²) in [6.45, 7) is 0. The Morgan fingerprint density at radius 3 is 2.52 bits per heavy atom. The molecule has 0 aliphatic carbocycles. The van der Waals surface area contributed by atoms with Crippen LogP contribution >= 0.6 is 15.9 Å². The van der Waals surface area contributed by atoms with Crippen molar-refractivity contribution in [3.63, 3.8) is 0 Å². The lowest BCUT2D eigenvalue weighted by atomic mass is 10.1. The van der Waals surface area contributed by atoms with Crippen LogP contribution in [0, 0.1) is 0 Å². The summed E-state index contributed by atoms with van der Waals surface area (Å²) in [5, 5.41) is 3.60. The highest BCUT2D eigenvalue weighted by Crippen LogP contribution is 2.27. The van der Waals surface area contributed by atoms with Crippen LogP contribution in [0.2, 0.25) is 0 Å². The molecule has 0 saturated heterocycles. The van der Waals surface area contributed by atoms with Gasteiger partial charge in [0.2, 0.25) is 5.91 Å². The van der Waals surface area contributed by atoms with Crippen LogP contribution in [0.5, 0.6) is 0 Å². The average Bonchev–Trinajstić information content (AvgIpc) is 2.94.